The summed E-state index contributed by atoms with van der Waals surface area (Å²) in [7, 11) is -3.71. The molecule has 2 rings (SSSR count). The van der Waals surface area contributed by atoms with E-state index in [9.17, 15) is 8.42 Å². The maximum absolute atomic E-state index is 12.8. The van der Waals surface area contributed by atoms with Gasteiger partial charge in [0.25, 0.3) is 10.0 Å². The fraction of sp³-hybridized carbons (Fsp3) is 0.250. The van der Waals surface area contributed by atoms with Gasteiger partial charge in [-0.3, -0.25) is 4.72 Å². The number of sulfonamides is 1. The van der Waals surface area contributed by atoms with Crippen molar-refractivity contribution < 1.29 is 8.42 Å². The van der Waals surface area contributed by atoms with Gasteiger partial charge >= 0.3 is 0 Å². The molecule has 0 radical (unpaired) electrons. The summed E-state index contributed by atoms with van der Waals surface area (Å²) < 4.78 is 29.0. The van der Waals surface area contributed by atoms with Crippen LogP contribution in [0.2, 0.25) is 5.02 Å². The summed E-state index contributed by atoms with van der Waals surface area (Å²) in [5.74, 6) is 0.0784. The summed E-state index contributed by atoms with van der Waals surface area (Å²) in [5, 5.41) is 0.367. The molecule has 0 unspecified atom stereocenters. The topological polar surface area (TPSA) is 46.2 Å². The Morgan fingerprint density at radius 3 is 2.41 bits per heavy atom. The molecule has 118 valence electrons. The fourth-order valence-electron chi connectivity index (χ4n) is 2.10. The third-order valence-electron chi connectivity index (χ3n) is 3.32. The van der Waals surface area contributed by atoms with Gasteiger partial charge in [-0.15, -0.1) is 0 Å². The number of anilines is 1. The number of hydrogen-bond donors (Lipinski definition) is 1. The number of hydrogen-bond acceptors (Lipinski definition) is 2. The molecule has 0 heterocycles. The first-order valence-electron chi connectivity index (χ1n) is 6.79. The van der Waals surface area contributed by atoms with E-state index in [0.717, 1.165) is 15.6 Å². The quantitative estimate of drug-likeness (QED) is 0.750. The molecule has 0 saturated heterocycles. The normalized spacial score (nSPS) is 11.7. The van der Waals surface area contributed by atoms with Crippen LogP contribution in [0.25, 0.3) is 0 Å². The molecule has 0 spiro atoms. The summed E-state index contributed by atoms with van der Waals surface area (Å²) in [5.41, 5.74) is 2.00. The Morgan fingerprint density at radius 1 is 1.18 bits per heavy atom. The van der Waals surface area contributed by atoms with E-state index in [-0.39, 0.29) is 10.8 Å². The fourth-order valence-corrected chi connectivity index (χ4v) is 4.21. The molecule has 0 aromatic heterocycles. The van der Waals surface area contributed by atoms with Crippen molar-refractivity contribution in [3.63, 3.8) is 0 Å². The average molecular weight is 403 g/mol. The maximum Gasteiger partial charge on any atom is 0.262 e. The summed E-state index contributed by atoms with van der Waals surface area (Å²) >= 11 is 9.50. The van der Waals surface area contributed by atoms with Crippen molar-refractivity contribution in [3.05, 3.63) is 57.0 Å². The Hall–Kier alpha value is -1.04. The highest BCUT2D eigenvalue weighted by Gasteiger charge is 2.22. The Kier molecular flexibility index (Phi) is 5.20. The molecule has 1 N–H and O–H groups in total. The number of halogens is 2. The standard InChI is InChI=1S/C16H17BrClNO2S/c1-10(2)12-9-13(17)11(3)8-16(12)22(20,21)19-15-7-5-4-6-14(15)18/h4-10,19H,1-3H3. The maximum atomic E-state index is 12.8. The van der Waals surface area contributed by atoms with Gasteiger partial charge < -0.3 is 0 Å². The highest BCUT2D eigenvalue weighted by molar-refractivity contribution is 9.10. The van der Waals surface area contributed by atoms with Gasteiger partial charge in [0.15, 0.2) is 0 Å². The molecule has 6 heteroatoms. The molecule has 0 fully saturated rings. The minimum Gasteiger partial charge on any atom is -0.278 e. The summed E-state index contributed by atoms with van der Waals surface area (Å²) in [6.07, 6.45) is 0. The van der Waals surface area contributed by atoms with E-state index in [1.807, 2.05) is 26.8 Å². The molecule has 0 amide bonds. The lowest BCUT2D eigenvalue weighted by molar-refractivity contribution is 0.598. The monoisotopic (exact) mass is 401 g/mol. The minimum atomic E-state index is -3.71. The molecule has 0 aliphatic rings. The van der Waals surface area contributed by atoms with Crippen LogP contribution in [-0.4, -0.2) is 8.42 Å². The molecule has 22 heavy (non-hydrogen) atoms. The van der Waals surface area contributed by atoms with Crippen molar-refractivity contribution in [2.45, 2.75) is 31.6 Å². The molecule has 3 nitrogen and oxygen atoms in total. The van der Waals surface area contributed by atoms with Crippen molar-refractivity contribution >= 4 is 43.2 Å². The van der Waals surface area contributed by atoms with Crippen LogP contribution in [0, 0.1) is 6.92 Å². The molecule has 0 aliphatic heterocycles. The summed E-state index contributed by atoms with van der Waals surface area (Å²) in [6, 6.07) is 10.3. The Balaban J connectivity index is 2.54. The predicted octanol–water partition coefficient (Wildman–Crippen LogP) is 5.34. The highest BCUT2D eigenvalue weighted by Crippen LogP contribution is 2.32. The van der Waals surface area contributed by atoms with Crippen molar-refractivity contribution in [2.24, 2.45) is 0 Å². The van der Waals surface area contributed by atoms with Crippen molar-refractivity contribution in [1.82, 2.24) is 0 Å². The van der Waals surface area contributed by atoms with E-state index in [1.54, 1.807) is 30.3 Å². The van der Waals surface area contributed by atoms with Crippen LogP contribution in [0.15, 0.2) is 45.8 Å². The molecule has 0 saturated carbocycles. The van der Waals surface area contributed by atoms with Crippen molar-refractivity contribution in [3.8, 4) is 0 Å². The third-order valence-corrected chi connectivity index (χ3v) is 5.93. The Morgan fingerprint density at radius 2 is 1.82 bits per heavy atom. The van der Waals surface area contributed by atoms with Gasteiger partial charge in [-0.25, -0.2) is 8.42 Å². The van der Waals surface area contributed by atoms with Crippen LogP contribution in [-0.2, 0) is 10.0 Å². The number of nitrogens with one attached hydrogen (secondary N) is 1. The van der Waals surface area contributed by atoms with Gasteiger partial charge in [-0.05, 0) is 48.2 Å². The van der Waals surface area contributed by atoms with E-state index in [2.05, 4.69) is 20.7 Å². The average Bonchev–Trinajstić information content (AvgIpc) is 2.43. The van der Waals surface area contributed by atoms with E-state index in [1.165, 1.54) is 0 Å². The van der Waals surface area contributed by atoms with Crippen LogP contribution in [0.4, 0.5) is 5.69 Å². The second-order valence-electron chi connectivity index (χ2n) is 5.38. The van der Waals surface area contributed by atoms with Crippen molar-refractivity contribution in [1.29, 1.82) is 0 Å². The molecule has 0 bridgehead atoms. The Labute approximate surface area is 144 Å². The first-order valence-corrected chi connectivity index (χ1v) is 9.45. The second kappa shape index (κ2) is 6.60. The van der Waals surface area contributed by atoms with Gasteiger partial charge in [0.05, 0.1) is 15.6 Å². The number of rotatable bonds is 4. The zero-order valence-corrected chi connectivity index (χ0v) is 15.7. The van der Waals surface area contributed by atoms with Crippen LogP contribution in [0.3, 0.4) is 0 Å². The van der Waals surface area contributed by atoms with Crippen LogP contribution in [0.5, 0.6) is 0 Å². The SMILES string of the molecule is Cc1cc(S(=O)(=O)Nc2ccccc2Cl)c(C(C)C)cc1Br. The van der Waals surface area contributed by atoms with E-state index < -0.39 is 10.0 Å². The van der Waals surface area contributed by atoms with Crippen molar-refractivity contribution in [2.75, 3.05) is 4.72 Å². The lowest BCUT2D eigenvalue weighted by atomic mass is 10.0. The Bertz CT molecular complexity index is 804. The zero-order chi connectivity index (χ0) is 16.5. The van der Waals surface area contributed by atoms with Crippen LogP contribution < -0.4 is 4.72 Å². The molecular weight excluding hydrogens is 386 g/mol. The van der Waals surface area contributed by atoms with Crippen LogP contribution in [0.1, 0.15) is 30.9 Å². The predicted molar refractivity (Wildman–Crippen MR) is 95.2 cm³/mol. The molecular formula is C16H17BrClNO2S. The summed E-state index contributed by atoms with van der Waals surface area (Å²) in [6.45, 7) is 5.79. The van der Waals surface area contributed by atoms with Gasteiger partial charge in [0, 0.05) is 4.47 Å². The number of para-hydroxylation sites is 1. The molecule has 0 atom stereocenters. The van der Waals surface area contributed by atoms with Gasteiger partial charge in [0.2, 0.25) is 0 Å². The van der Waals surface area contributed by atoms with Crippen LogP contribution >= 0.6 is 27.5 Å². The van der Waals surface area contributed by atoms with Gasteiger partial charge in [-0.1, -0.05) is 53.5 Å². The first-order chi connectivity index (χ1) is 10.2. The highest BCUT2D eigenvalue weighted by atomic mass is 79.9. The minimum absolute atomic E-state index is 0.0784. The second-order valence-corrected chi connectivity index (χ2v) is 8.29. The molecule has 0 aliphatic carbocycles. The largest absolute Gasteiger partial charge is 0.278 e. The van der Waals surface area contributed by atoms with E-state index in [4.69, 9.17) is 11.6 Å². The lowest BCUT2D eigenvalue weighted by Gasteiger charge is -2.17. The zero-order valence-electron chi connectivity index (χ0n) is 12.5. The van der Waals surface area contributed by atoms with E-state index >= 15 is 0 Å². The van der Waals surface area contributed by atoms with E-state index in [0.29, 0.717) is 10.7 Å². The lowest BCUT2D eigenvalue weighted by Crippen LogP contribution is -2.16. The molecule has 2 aromatic carbocycles. The number of aryl methyl sites for hydroxylation is 1. The third kappa shape index (κ3) is 3.65. The van der Waals surface area contributed by atoms with Gasteiger partial charge in [0.1, 0.15) is 0 Å². The first kappa shape index (κ1) is 17.3. The smallest absolute Gasteiger partial charge is 0.262 e. The number of benzene rings is 2. The molecule has 2 aromatic rings. The van der Waals surface area contributed by atoms with Gasteiger partial charge in [-0.2, -0.15) is 0 Å². The summed E-state index contributed by atoms with van der Waals surface area (Å²) in [4.78, 5) is 0.281.